The van der Waals surface area contributed by atoms with Crippen molar-refractivity contribution in [2.75, 3.05) is 19.6 Å². The maximum atomic E-state index is 13.0. The molecule has 0 radical (unpaired) electrons. The van der Waals surface area contributed by atoms with Crippen LogP contribution in [0.5, 0.6) is 5.75 Å². The maximum absolute atomic E-state index is 13.0. The van der Waals surface area contributed by atoms with Crippen molar-refractivity contribution >= 4 is 33.2 Å². The van der Waals surface area contributed by atoms with Gasteiger partial charge in [-0.05, 0) is 63.6 Å². The molecule has 7 nitrogen and oxygen atoms in total. The first-order valence-corrected chi connectivity index (χ1v) is 13.9. The summed E-state index contributed by atoms with van der Waals surface area (Å²) in [5.74, 6) is 1.43. The van der Waals surface area contributed by atoms with Gasteiger partial charge in [0, 0.05) is 64.5 Å². The molecule has 2 saturated heterocycles. The van der Waals surface area contributed by atoms with Gasteiger partial charge in [-0.2, -0.15) is 0 Å². The molecule has 6 rings (SSSR count). The molecule has 2 aliphatic rings. The van der Waals surface area contributed by atoms with Gasteiger partial charge in [-0.1, -0.05) is 11.6 Å². The third kappa shape index (κ3) is 4.41. The molecule has 3 aromatic heterocycles. The molecule has 192 valence electrons. The molecular formula is C28H29ClN4O3S. The van der Waals surface area contributed by atoms with E-state index < -0.39 is 0 Å². The summed E-state index contributed by atoms with van der Waals surface area (Å²) in [6.45, 7) is 9.31. The molecule has 0 saturated carbocycles. The van der Waals surface area contributed by atoms with Gasteiger partial charge in [0.1, 0.15) is 11.9 Å². The second-order valence-electron chi connectivity index (χ2n) is 10.4. The number of pyridine rings is 1. The third-order valence-corrected chi connectivity index (χ3v) is 8.86. The summed E-state index contributed by atoms with van der Waals surface area (Å²) in [5.41, 5.74) is 3.14. The van der Waals surface area contributed by atoms with Crippen molar-refractivity contribution in [3.05, 3.63) is 79.0 Å². The van der Waals surface area contributed by atoms with Gasteiger partial charge in [0.15, 0.2) is 0 Å². The molecule has 9 heteroatoms. The third-order valence-electron chi connectivity index (χ3n) is 7.50. The van der Waals surface area contributed by atoms with Crippen LogP contribution in [0.15, 0.2) is 52.3 Å². The van der Waals surface area contributed by atoms with Crippen LogP contribution < -0.4 is 16.0 Å². The van der Waals surface area contributed by atoms with Crippen molar-refractivity contribution in [2.24, 2.45) is 5.92 Å². The lowest BCUT2D eigenvalue weighted by Gasteiger charge is -2.26. The minimum atomic E-state index is -0.310. The number of hydrogen-bond acceptors (Lipinski definition) is 6. The van der Waals surface area contributed by atoms with Gasteiger partial charge < -0.3 is 4.74 Å². The molecule has 1 aromatic carbocycles. The summed E-state index contributed by atoms with van der Waals surface area (Å²) in [6.07, 6.45) is 4.71. The summed E-state index contributed by atoms with van der Waals surface area (Å²) in [5, 5.41) is 0.656. The number of rotatable bonds is 6. The minimum absolute atomic E-state index is 0.0357. The largest absolute Gasteiger partial charge is 0.488 e. The Labute approximate surface area is 223 Å². The number of nitrogens with zero attached hydrogens (tertiary/aromatic N) is 4. The van der Waals surface area contributed by atoms with Crippen molar-refractivity contribution in [3.8, 4) is 16.9 Å². The number of fused-ring (bicyclic) bond motifs is 3. The van der Waals surface area contributed by atoms with E-state index in [1.54, 1.807) is 28.3 Å². The predicted molar refractivity (Wildman–Crippen MR) is 148 cm³/mol. The normalized spacial score (nSPS) is 20.8. The number of ether oxygens (including phenoxy) is 1. The van der Waals surface area contributed by atoms with E-state index in [0.29, 0.717) is 10.9 Å². The lowest BCUT2D eigenvalue weighted by atomic mass is 10.00. The van der Waals surface area contributed by atoms with Gasteiger partial charge in [0.05, 0.1) is 16.8 Å². The summed E-state index contributed by atoms with van der Waals surface area (Å²) in [6, 6.07) is 9.28. The lowest BCUT2D eigenvalue weighted by molar-refractivity contribution is 0.141. The topological polar surface area (TPSA) is 69.4 Å². The Balaban J connectivity index is 1.41. The average Bonchev–Trinajstić information content (AvgIpc) is 3.58. The SMILES string of the molecule is Cc1cc(Cl)cc(-c2ccnc3cc(Cn4c(=O)ccn(C(C)C)c4=O)sc23)c1OC1CN2CCC1C2. The van der Waals surface area contributed by atoms with Crippen LogP contribution >= 0.6 is 22.9 Å². The van der Waals surface area contributed by atoms with Crippen LogP contribution in [0.3, 0.4) is 0 Å². The number of thiophene rings is 1. The highest BCUT2D eigenvalue weighted by Crippen LogP contribution is 2.43. The first kappa shape index (κ1) is 24.4. The zero-order valence-electron chi connectivity index (χ0n) is 21.1. The van der Waals surface area contributed by atoms with E-state index in [4.69, 9.17) is 16.3 Å². The summed E-state index contributed by atoms with van der Waals surface area (Å²) in [4.78, 5) is 33.5. The van der Waals surface area contributed by atoms with Crippen molar-refractivity contribution in [3.63, 3.8) is 0 Å². The van der Waals surface area contributed by atoms with Gasteiger partial charge in [0.25, 0.3) is 5.56 Å². The number of halogens is 1. The molecule has 3 unspecified atom stereocenters. The van der Waals surface area contributed by atoms with E-state index in [1.807, 2.05) is 45.0 Å². The molecule has 0 N–H and O–H groups in total. The second-order valence-corrected chi connectivity index (χ2v) is 11.9. The van der Waals surface area contributed by atoms with Gasteiger partial charge in [-0.25, -0.2) is 4.79 Å². The molecule has 37 heavy (non-hydrogen) atoms. The highest BCUT2D eigenvalue weighted by molar-refractivity contribution is 7.19. The fourth-order valence-electron chi connectivity index (χ4n) is 5.61. The van der Waals surface area contributed by atoms with E-state index in [-0.39, 0.29) is 29.9 Å². The van der Waals surface area contributed by atoms with Crippen LogP contribution in [0.1, 0.15) is 36.8 Å². The van der Waals surface area contributed by atoms with Crippen LogP contribution in [0.4, 0.5) is 0 Å². The summed E-state index contributed by atoms with van der Waals surface area (Å²) in [7, 11) is 0. The fraction of sp³-hybridized carbons (Fsp3) is 0.393. The molecule has 2 fully saturated rings. The Kier molecular flexibility index (Phi) is 6.21. The van der Waals surface area contributed by atoms with Gasteiger partial charge in [-0.15, -0.1) is 11.3 Å². The van der Waals surface area contributed by atoms with Crippen LogP contribution in [0.25, 0.3) is 21.3 Å². The molecule has 0 amide bonds. The molecule has 4 aromatic rings. The van der Waals surface area contributed by atoms with E-state index in [2.05, 4.69) is 9.88 Å². The number of benzene rings is 1. The highest BCUT2D eigenvalue weighted by atomic mass is 35.5. The van der Waals surface area contributed by atoms with Crippen molar-refractivity contribution < 1.29 is 4.74 Å². The van der Waals surface area contributed by atoms with Gasteiger partial charge in [0.2, 0.25) is 0 Å². The molecule has 2 bridgehead atoms. The molecule has 0 aliphatic carbocycles. The smallest absolute Gasteiger partial charge is 0.331 e. The van der Waals surface area contributed by atoms with Gasteiger partial charge >= 0.3 is 5.69 Å². The monoisotopic (exact) mass is 536 g/mol. The fourth-order valence-corrected chi connectivity index (χ4v) is 7.01. The van der Waals surface area contributed by atoms with E-state index in [9.17, 15) is 9.59 Å². The number of aryl methyl sites for hydroxylation is 1. The van der Waals surface area contributed by atoms with Crippen molar-refractivity contribution in [1.82, 2.24) is 19.0 Å². The average molecular weight is 537 g/mol. The van der Waals surface area contributed by atoms with E-state index in [0.717, 1.165) is 57.2 Å². The molecule has 2 aliphatic heterocycles. The van der Waals surface area contributed by atoms with Crippen LogP contribution in [-0.4, -0.2) is 44.8 Å². The van der Waals surface area contributed by atoms with Gasteiger partial charge in [-0.3, -0.25) is 23.8 Å². The lowest BCUT2D eigenvalue weighted by Crippen LogP contribution is -2.39. The summed E-state index contributed by atoms with van der Waals surface area (Å²) >= 11 is 8.08. The molecule has 0 spiro atoms. The zero-order valence-corrected chi connectivity index (χ0v) is 22.7. The Morgan fingerprint density at radius 1 is 1.16 bits per heavy atom. The van der Waals surface area contributed by atoms with Crippen molar-refractivity contribution in [1.29, 1.82) is 0 Å². The van der Waals surface area contributed by atoms with Crippen LogP contribution in [0, 0.1) is 12.8 Å². The second kappa shape index (κ2) is 9.42. The molecular weight excluding hydrogens is 508 g/mol. The Morgan fingerprint density at radius 2 is 2.00 bits per heavy atom. The number of aromatic nitrogens is 3. The first-order chi connectivity index (χ1) is 17.8. The van der Waals surface area contributed by atoms with Crippen LogP contribution in [-0.2, 0) is 6.54 Å². The standard InChI is InChI=1S/C28H29ClN4O3S/c1-16(2)32-9-6-25(34)33(28(32)35)14-20-12-23-27(37-20)21(4-7-30-23)22-11-19(29)10-17(3)26(22)36-24-15-31-8-5-18(24)13-31/h4,6-7,9-12,16,18,24H,5,8,13-15H2,1-3H3. The Morgan fingerprint density at radius 3 is 2.73 bits per heavy atom. The Hall–Kier alpha value is -2.94. The first-order valence-electron chi connectivity index (χ1n) is 12.7. The quantitative estimate of drug-likeness (QED) is 0.348. The molecule has 3 atom stereocenters. The van der Waals surface area contributed by atoms with Crippen LogP contribution in [0.2, 0.25) is 5.02 Å². The predicted octanol–water partition coefficient (Wildman–Crippen LogP) is 4.96. The number of hydrogen-bond donors (Lipinski definition) is 0. The zero-order chi connectivity index (χ0) is 25.8. The van der Waals surface area contributed by atoms with E-state index in [1.165, 1.54) is 17.1 Å². The highest BCUT2D eigenvalue weighted by Gasteiger charge is 2.40. The maximum Gasteiger partial charge on any atom is 0.331 e. The number of piperidine rings is 1. The Bertz CT molecular complexity index is 1620. The minimum Gasteiger partial charge on any atom is -0.488 e. The van der Waals surface area contributed by atoms with Crippen molar-refractivity contribution in [2.45, 2.75) is 45.9 Å². The molecule has 5 heterocycles. The van der Waals surface area contributed by atoms with E-state index >= 15 is 0 Å². The summed E-state index contributed by atoms with van der Waals surface area (Å²) < 4.78 is 10.5.